The number of benzene rings is 1. The predicted molar refractivity (Wildman–Crippen MR) is 111 cm³/mol. The number of aromatic nitrogens is 2. The number of hydrogen-bond donors (Lipinski definition) is 3. The molecule has 6 nitrogen and oxygen atoms in total. The van der Waals surface area contributed by atoms with Crippen molar-refractivity contribution >= 4 is 50.5 Å². The van der Waals surface area contributed by atoms with E-state index in [1.54, 1.807) is 6.20 Å². The number of H-pyrrole nitrogens is 1. The van der Waals surface area contributed by atoms with E-state index in [0.29, 0.717) is 22.0 Å². The van der Waals surface area contributed by atoms with Crippen molar-refractivity contribution < 1.29 is 4.42 Å². The number of nitrogens with two attached hydrogens (primary N) is 1. The summed E-state index contributed by atoms with van der Waals surface area (Å²) in [4.78, 5) is 20.1. The second-order valence-corrected chi connectivity index (χ2v) is 8.36. The van der Waals surface area contributed by atoms with E-state index in [4.69, 9.17) is 21.8 Å². The lowest BCUT2D eigenvalue weighted by atomic mass is 10.2. The Morgan fingerprint density at radius 1 is 1.33 bits per heavy atom. The molecule has 4 rings (SSSR count). The second kappa shape index (κ2) is 7.58. The summed E-state index contributed by atoms with van der Waals surface area (Å²) in [6.07, 6.45) is 1.77. The van der Waals surface area contributed by atoms with Crippen LogP contribution in [0.4, 0.5) is 5.13 Å². The van der Waals surface area contributed by atoms with Gasteiger partial charge in [-0.25, -0.2) is 9.78 Å². The van der Waals surface area contributed by atoms with Gasteiger partial charge in [0.2, 0.25) is 0 Å². The Morgan fingerprint density at radius 3 is 3.04 bits per heavy atom. The molecule has 0 amide bonds. The van der Waals surface area contributed by atoms with Gasteiger partial charge in [-0.1, -0.05) is 40.8 Å². The molecule has 0 spiro atoms. The van der Waals surface area contributed by atoms with Crippen LogP contribution < -0.4 is 16.8 Å². The maximum Gasteiger partial charge on any atom is 0.417 e. The maximum absolute atomic E-state index is 11.3. The topological polar surface area (TPSA) is 96.9 Å². The quantitative estimate of drug-likeness (QED) is 0.440. The highest BCUT2D eigenvalue weighted by Crippen LogP contribution is 2.30. The highest BCUT2D eigenvalue weighted by Gasteiger charge is 2.08. The molecule has 1 atom stereocenters. The third-order valence-corrected chi connectivity index (χ3v) is 5.79. The number of aromatic amines is 1. The zero-order valence-corrected chi connectivity index (χ0v) is 16.2. The van der Waals surface area contributed by atoms with Crippen LogP contribution in [0, 0.1) is 11.8 Å². The molecule has 0 saturated heterocycles. The molecule has 0 fully saturated rings. The molecule has 9 heteroatoms. The van der Waals surface area contributed by atoms with Crippen molar-refractivity contribution in [3.63, 3.8) is 0 Å². The van der Waals surface area contributed by atoms with E-state index >= 15 is 0 Å². The van der Waals surface area contributed by atoms with Gasteiger partial charge in [0, 0.05) is 12.7 Å². The van der Waals surface area contributed by atoms with E-state index in [9.17, 15) is 4.79 Å². The molecule has 4 N–H and O–H groups in total. The van der Waals surface area contributed by atoms with E-state index in [-0.39, 0.29) is 6.04 Å². The zero-order chi connectivity index (χ0) is 18.8. The third kappa shape index (κ3) is 4.23. The van der Waals surface area contributed by atoms with Crippen molar-refractivity contribution in [2.75, 3.05) is 11.9 Å². The van der Waals surface area contributed by atoms with Crippen LogP contribution in [0.1, 0.15) is 4.88 Å². The van der Waals surface area contributed by atoms with Gasteiger partial charge >= 0.3 is 5.76 Å². The van der Waals surface area contributed by atoms with Crippen molar-refractivity contribution in [2.24, 2.45) is 5.73 Å². The third-order valence-electron chi connectivity index (χ3n) is 3.64. The van der Waals surface area contributed by atoms with Gasteiger partial charge in [0.05, 0.1) is 25.6 Å². The van der Waals surface area contributed by atoms with Crippen molar-refractivity contribution in [3.8, 4) is 22.3 Å². The van der Waals surface area contributed by atoms with E-state index in [1.165, 1.54) is 22.7 Å². The molecule has 1 aromatic carbocycles. The summed E-state index contributed by atoms with van der Waals surface area (Å²) in [6, 6.07) is 8.89. The van der Waals surface area contributed by atoms with Crippen LogP contribution in [0.3, 0.4) is 0 Å². The number of rotatable bonds is 4. The molecule has 0 aliphatic carbocycles. The molecular formula is C18H13ClN4O2S2. The Hall–Kier alpha value is -2.57. The summed E-state index contributed by atoms with van der Waals surface area (Å²) in [5.74, 6) is 5.54. The van der Waals surface area contributed by atoms with E-state index in [2.05, 4.69) is 27.1 Å². The maximum atomic E-state index is 11.3. The summed E-state index contributed by atoms with van der Waals surface area (Å²) in [6.45, 7) is 0.477. The Bertz CT molecular complexity index is 1210. The molecule has 0 saturated carbocycles. The number of nitrogens with zero attached hydrogens (tertiary/aromatic N) is 1. The highest BCUT2D eigenvalue weighted by atomic mass is 35.5. The first-order valence-electron chi connectivity index (χ1n) is 7.92. The lowest BCUT2D eigenvalue weighted by Gasteiger charge is -2.04. The number of oxazole rings is 1. The first kappa shape index (κ1) is 17.8. The number of nitrogens with one attached hydrogen (secondary N) is 2. The lowest BCUT2D eigenvalue weighted by molar-refractivity contribution is 0.555. The minimum atomic E-state index is -0.464. The van der Waals surface area contributed by atoms with Crippen LogP contribution in [0.5, 0.6) is 0 Å². The lowest BCUT2D eigenvalue weighted by Crippen LogP contribution is -2.27. The molecule has 0 bridgehead atoms. The molecule has 3 aromatic heterocycles. The van der Waals surface area contributed by atoms with Gasteiger partial charge in [-0.3, -0.25) is 4.98 Å². The monoisotopic (exact) mass is 416 g/mol. The van der Waals surface area contributed by atoms with Crippen LogP contribution >= 0.6 is 34.3 Å². The van der Waals surface area contributed by atoms with Crippen LogP contribution in [0.2, 0.25) is 4.34 Å². The molecule has 136 valence electrons. The fraction of sp³-hybridized carbons (Fsp3) is 0.111. The van der Waals surface area contributed by atoms with Crippen LogP contribution in [0.15, 0.2) is 45.7 Å². The standard InChI is InChI=1S/C18H13ClN4O2S2/c19-16-6-4-12(26-16)3-2-11(20)8-21-17-22-9-15(27-17)10-1-5-13-14(7-10)25-18(24)23-13/h1,4-7,9,11H,8,20H2,(H,21,22)(H,23,24)/t11-/m0/s1. The van der Waals surface area contributed by atoms with Gasteiger partial charge in [-0.2, -0.15) is 0 Å². The Kier molecular flexibility index (Phi) is 5.01. The van der Waals surface area contributed by atoms with Crippen molar-refractivity contribution in [1.29, 1.82) is 0 Å². The van der Waals surface area contributed by atoms with Crippen molar-refractivity contribution in [1.82, 2.24) is 9.97 Å². The minimum Gasteiger partial charge on any atom is -0.408 e. The van der Waals surface area contributed by atoms with Gasteiger partial charge < -0.3 is 15.5 Å². The molecular weight excluding hydrogens is 404 g/mol. The zero-order valence-electron chi connectivity index (χ0n) is 13.8. The summed E-state index contributed by atoms with van der Waals surface area (Å²) in [5.41, 5.74) is 8.14. The average molecular weight is 417 g/mol. The summed E-state index contributed by atoms with van der Waals surface area (Å²) >= 11 is 8.79. The normalized spacial score (nSPS) is 11.9. The van der Waals surface area contributed by atoms with Crippen LogP contribution in [-0.4, -0.2) is 22.6 Å². The number of anilines is 1. The molecule has 27 heavy (non-hydrogen) atoms. The molecule has 0 aliphatic heterocycles. The number of hydrogen-bond acceptors (Lipinski definition) is 7. The molecule has 4 aromatic rings. The first-order chi connectivity index (χ1) is 13.1. The van der Waals surface area contributed by atoms with Crippen molar-refractivity contribution in [2.45, 2.75) is 6.04 Å². The fourth-order valence-electron chi connectivity index (χ4n) is 2.38. The van der Waals surface area contributed by atoms with Crippen LogP contribution in [-0.2, 0) is 0 Å². The smallest absolute Gasteiger partial charge is 0.408 e. The predicted octanol–water partition coefficient (Wildman–Crippen LogP) is 3.75. The summed E-state index contributed by atoms with van der Waals surface area (Å²) in [5, 5.41) is 3.94. The van der Waals surface area contributed by atoms with Gasteiger partial charge in [0.1, 0.15) is 0 Å². The van der Waals surface area contributed by atoms with E-state index < -0.39 is 5.76 Å². The summed E-state index contributed by atoms with van der Waals surface area (Å²) in [7, 11) is 0. The van der Waals surface area contributed by atoms with Crippen molar-refractivity contribution in [3.05, 3.63) is 56.3 Å². The average Bonchev–Trinajstić information content (AvgIpc) is 3.36. The molecule has 0 radical (unpaired) electrons. The van der Waals surface area contributed by atoms with Gasteiger partial charge in [0.25, 0.3) is 0 Å². The Balaban J connectivity index is 1.41. The molecule has 3 heterocycles. The second-order valence-electron chi connectivity index (χ2n) is 5.62. The van der Waals surface area contributed by atoms with Gasteiger partial charge in [-0.05, 0) is 29.8 Å². The number of halogens is 1. The van der Waals surface area contributed by atoms with Gasteiger partial charge in [-0.15, -0.1) is 11.3 Å². The largest absolute Gasteiger partial charge is 0.417 e. The molecule has 0 unspecified atom stereocenters. The number of fused-ring (bicyclic) bond motifs is 1. The minimum absolute atomic E-state index is 0.330. The van der Waals surface area contributed by atoms with Gasteiger partial charge in [0.15, 0.2) is 10.7 Å². The fourth-order valence-corrected chi connectivity index (χ4v) is 4.11. The van der Waals surface area contributed by atoms with Crippen LogP contribution in [0.25, 0.3) is 21.5 Å². The summed E-state index contributed by atoms with van der Waals surface area (Å²) < 4.78 is 5.81. The highest BCUT2D eigenvalue weighted by molar-refractivity contribution is 7.18. The number of thiophene rings is 1. The number of thiazole rings is 1. The van der Waals surface area contributed by atoms with E-state index in [1.807, 2.05) is 30.3 Å². The first-order valence-corrected chi connectivity index (χ1v) is 9.93. The Labute approximate surface area is 167 Å². The van der Waals surface area contributed by atoms with E-state index in [0.717, 1.165) is 20.4 Å². The molecule has 0 aliphatic rings. The Morgan fingerprint density at radius 2 is 2.22 bits per heavy atom. The SMILES string of the molecule is N[C@@H](C#Cc1ccc(Cl)s1)CNc1ncc(-c2ccc3[nH]c(=O)oc3c2)s1.